The summed E-state index contributed by atoms with van der Waals surface area (Å²) < 4.78 is 17.4. The highest BCUT2D eigenvalue weighted by atomic mass is 16.7. The highest BCUT2D eigenvalue weighted by Gasteiger charge is 2.46. The minimum atomic E-state index is -0.526. The molecule has 0 N–H and O–H groups in total. The minimum absolute atomic E-state index is 0.107. The number of rotatable bonds is 4. The molecule has 2 saturated heterocycles. The van der Waals surface area contributed by atoms with Crippen molar-refractivity contribution in [2.24, 2.45) is 0 Å². The molecule has 3 fully saturated rings. The molecule has 20 heavy (non-hydrogen) atoms. The Morgan fingerprint density at radius 3 is 2.70 bits per heavy atom. The molecular formula is C15H25NO4. The standard InChI is InChI=1S/C15H25NO4/c1-2-13(20-12-5-3-4-6-12)14(17)16-8-7-15(11-16)18-9-10-19-15/h12-13H,2-11H2,1H3/t13-/m1/s1. The van der Waals surface area contributed by atoms with Crippen LogP contribution >= 0.6 is 0 Å². The molecule has 5 heteroatoms. The topological polar surface area (TPSA) is 48.0 Å². The Labute approximate surface area is 120 Å². The van der Waals surface area contributed by atoms with Crippen LogP contribution in [0.15, 0.2) is 0 Å². The van der Waals surface area contributed by atoms with Crippen LogP contribution in [0.1, 0.15) is 45.4 Å². The number of likely N-dealkylation sites (tertiary alicyclic amines) is 1. The molecule has 5 nitrogen and oxygen atoms in total. The maximum absolute atomic E-state index is 12.6. The van der Waals surface area contributed by atoms with Gasteiger partial charge in [-0.15, -0.1) is 0 Å². The van der Waals surface area contributed by atoms with Crippen LogP contribution in [0, 0.1) is 0 Å². The van der Waals surface area contributed by atoms with E-state index in [1.54, 1.807) is 0 Å². The molecule has 0 bridgehead atoms. The summed E-state index contributed by atoms with van der Waals surface area (Å²) in [6.45, 7) is 4.56. The second kappa shape index (κ2) is 6.00. The molecule has 114 valence electrons. The molecule has 0 radical (unpaired) electrons. The van der Waals surface area contributed by atoms with Gasteiger partial charge in [0.05, 0.1) is 25.9 Å². The molecule has 0 aromatic heterocycles. The summed E-state index contributed by atoms with van der Waals surface area (Å²) in [6, 6.07) is 0. The SMILES string of the molecule is CC[C@@H](OC1CCCC1)C(=O)N1CCC2(C1)OCCO2. The summed E-state index contributed by atoms with van der Waals surface area (Å²) in [7, 11) is 0. The van der Waals surface area contributed by atoms with E-state index in [1.165, 1.54) is 12.8 Å². The zero-order chi connectivity index (χ0) is 14.0. The van der Waals surface area contributed by atoms with Gasteiger partial charge >= 0.3 is 0 Å². The third-order valence-corrected chi connectivity index (χ3v) is 4.62. The van der Waals surface area contributed by atoms with E-state index in [0.717, 1.165) is 25.7 Å². The summed E-state index contributed by atoms with van der Waals surface area (Å²) >= 11 is 0. The fourth-order valence-corrected chi connectivity index (χ4v) is 3.46. The number of carbonyl (C=O) groups is 1. The van der Waals surface area contributed by atoms with Crippen LogP contribution < -0.4 is 0 Å². The summed E-state index contributed by atoms with van der Waals surface area (Å²) in [5, 5.41) is 0. The first kappa shape index (κ1) is 14.3. The van der Waals surface area contributed by atoms with Crippen LogP contribution in [-0.2, 0) is 19.0 Å². The van der Waals surface area contributed by atoms with Gasteiger partial charge in [0.15, 0.2) is 5.79 Å². The molecule has 1 amide bonds. The molecule has 2 aliphatic heterocycles. The number of hydrogen-bond donors (Lipinski definition) is 0. The van der Waals surface area contributed by atoms with Crippen molar-refractivity contribution in [3.05, 3.63) is 0 Å². The molecule has 0 aromatic carbocycles. The van der Waals surface area contributed by atoms with E-state index in [4.69, 9.17) is 14.2 Å². The summed E-state index contributed by atoms with van der Waals surface area (Å²) in [5.74, 6) is -0.420. The predicted octanol–water partition coefficient (Wildman–Crippen LogP) is 1.70. The molecule has 1 aliphatic carbocycles. The molecule has 2 heterocycles. The molecule has 1 spiro atoms. The van der Waals surface area contributed by atoms with Gasteiger partial charge in [0.1, 0.15) is 6.10 Å². The van der Waals surface area contributed by atoms with Gasteiger partial charge in [-0.3, -0.25) is 4.79 Å². The number of amides is 1. The largest absolute Gasteiger partial charge is 0.365 e. The van der Waals surface area contributed by atoms with Crippen LogP contribution in [0.2, 0.25) is 0 Å². The summed E-state index contributed by atoms with van der Waals surface area (Å²) in [5.41, 5.74) is 0. The van der Waals surface area contributed by atoms with Crippen molar-refractivity contribution in [1.82, 2.24) is 4.90 Å². The van der Waals surface area contributed by atoms with Gasteiger partial charge in [0, 0.05) is 13.0 Å². The predicted molar refractivity (Wildman–Crippen MR) is 73.3 cm³/mol. The lowest BCUT2D eigenvalue weighted by atomic mass is 10.2. The monoisotopic (exact) mass is 283 g/mol. The van der Waals surface area contributed by atoms with E-state index in [2.05, 4.69) is 0 Å². The van der Waals surface area contributed by atoms with E-state index in [0.29, 0.717) is 26.3 Å². The van der Waals surface area contributed by atoms with E-state index in [-0.39, 0.29) is 18.1 Å². The summed E-state index contributed by atoms with van der Waals surface area (Å²) in [6.07, 6.45) is 6.14. The van der Waals surface area contributed by atoms with Gasteiger partial charge in [-0.25, -0.2) is 0 Å². The zero-order valence-corrected chi connectivity index (χ0v) is 12.3. The lowest BCUT2D eigenvalue weighted by molar-refractivity contribution is -0.160. The molecule has 0 aromatic rings. The number of ether oxygens (including phenoxy) is 3. The minimum Gasteiger partial charge on any atom is -0.365 e. The molecule has 1 saturated carbocycles. The highest BCUT2D eigenvalue weighted by Crippen LogP contribution is 2.31. The third kappa shape index (κ3) is 2.85. The van der Waals surface area contributed by atoms with Crippen molar-refractivity contribution >= 4 is 5.91 Å². The van der Waals surface area contributed by atoms with Crippen LogP contribution in [-0.4, -0.2) is 55.1 Å². The van der Waals surface area contributed by atoms with Gasteiger partial charge in [0.2, 0.25) is 0 Å². The van der Waals surface area contributed by atoms with E-state index < -0.39 is 5.79 Å². The Balaban J connectivity index is 1.56. The maximum Gasteiger partial charge on any atom is 0.251 e. The van der Waals surface area contributed by atoms with Crippen molar-refractivity contribution in [2.75, 3.05) is 26.3 Å². The molecular weight excluding hydrogens is 258 g/mol. The Morgan fingerprint density at radius 2 is 2.05 bits per heavy atom. The fourth-order valence-electron chi connectivity index (χ4n) is 3.46. The Bertz CT molecular complexity index is 344. The van der Waals surface area contributed by atoms with Crippen molar-refractivity contribution in [3.63, 3.8) is 0 Å². The lowest BCUT2D eigenvalue weighted by Gasteiger charge is -2.26. The van der Waals surface area contributed by atoms with Gasteiger partial charge in [0.25, 0.3) is 5.91 Å². The van der Waals surface area contributed by atoms with Crippen molar-refractivity contribution in [2.45, 2.75) is 63.4 Å². The fraction of sp³-hybridized carbons (Fsp3) is 0.933. The van der Waals surface area contributed by atoms with Crippen LogP contribution in [0.4, 0.5) is 0 Å². The Hall–Kier alpha value is -0.650. The maximum atomic E-state index is 12.6. The average molecular weight is 283 g/mol. The molecule has 3 rings (SSSR count). The van der Waals surface area contributed by atoms with Crippen molar-refractivity contribution < 1.29 is 19.0 Å². The summed E-state index contributed by atoms with van der Waals surface area (Å²) in [4.78, 5) is 14.4. The van der Waals surface area contributed by atoms with Gasteiger partial charge in [-0.1, -0.05) is 19.8 Å². The third-order valence-electron chi connectivity index (χ3n) is 4.62. The molecule has 0 unspecified atom stereocenters. The van der Waals surface area contributed by atoms with E-state index >= 15 is 0 Å². The van der Waals surface area contributed by atoms with Gasteiger partial charge in [-0.2, -0.15) is 0 Å². The van der Waals surface area contributed by atoms with Gasteiger partial charge < -0.3 is 19.1 Å². The smallest absolute Gasteiger partial charge is 0.251 e. The Kier molecular flexibility index (Phi) is 4.29. The quantitative estimate of drug-likeness (QED) is 0.788. The van der Waals surface area contributed by atoms with Crippen LogP contribution in [0.25, 0.3) is 0 Å². The average Bonchev–Trinajstić information content (AvgIpc) is 3.19. The molecule has 1 atom stereocenters. The van der Waals surface area contributed by atoms with Crippen molar-refractivity contribution in [3.8, 4) is 0 Å². The van der Waals surface area contributed by atoms with Crippen LogP contribution in [0.3, 0.4) is 0 Å². The molecule has 3 aliphatic rings. The normalized spacial score (nSPS) is 27.6. The highest BCUT2D eigenvalue weighted by molar-refractivity contribution is 5.81. The Morgan fingerprint density at radius 1 is 1.35 bits per heavy atom. The van der Waals surface area contributed by atoms with E-state index in [1.807, 2.05) is 11.8 Å². The second-order valence-corrected chi connectivity index (χ2v) is 6.06. The number of nitrogens with zero attached hydrogens (tertiary/aromatic N) is 1. The van der Waals surface area contributed by atoms with Crippen molar-refractivity contribution in [1.29, 1.82) is 0 Å². The first-order valence-electron chi connectivity index (χ1n) is 7.94. The first-order chi connectivity index (χ1) is 9.72. The second-order valence-electron chi connectivity index (χ2n) is 6.06. The first-order valence-corrected chi connectivity index (χ1v) is 7.94. The number of carbonyl (C=O) groups excluding carboxylic acids is 1. The van der Waals surface area contributed by atoms with Crippen LogP contribution in [0.5, 0.6) is 0 Å². The van der Waals surface area contributed by atoms with Gasteiger partial charge in [-0.05, 0) is 19.3 Å². The lowest BCUT2D eigenvalue weighted by Crippen LogP contribution is -2.43. The van der Waals surface area contributed by atoms with E-state index in [9.17, 15) is 4.79 Å². The zero-order valence-electron chi connectivity index (χ0n) is 12.3. The number of hydrogen-bond acceptors (Lipinski definition) is 4.